The van der Waals surface area contributed by atoms with Crippen molar-refractivity contribution in [2.24, 2.45) is 0 Å². The molecule has 0 radical (unpaired) electrons. The number of aromatic nitrogens is 4. The summed E-state index contributed by atoms with van der Waals surface area (Å²) in [6.07, 6.45) is 3.86. The van der Waals surface area contributed by atoms with Crippen molar-refractivity contribution in [1.29, 1.82) is 0 Å². The summed E-state index contributed by atoms with van der Waals surface area (Å²) >= 11 is 0. The average Bonchev–Trinajstić information content (AvgIpc) is 2.97. The van der Waals surface area contributed by atoms with Crippen LogP contribution >= 0.6 is 0 Å². The number of rotatable bonds is 5. The van der Waals surface area contributed by atoms with Crippen molar-refractivity contribution in [2.75, 3.05) is 45.2 Å². The summed E-state index contributed by atoms with van der Waals surface area (Å²) < 4.78 is 8.04. The molecular weight excluding hydrogens is 304 g/mol. The summed E-state index contributed by atoms with van der Waals surface area (Å²) in [5.41, 5.74) is 0.967. The highest BCUT2D eigenvalue weighted by molar-refractivity contribution is 5.39. The molecule has 1 fully saturated rings. The Balaban J connectivity index is 1.71. The van der Waals surface area contributed by atoms with Crippen LogP contribution in [0.1, 0.15) is 23.4 Å². The Labute approximate surface area is 143 Å². The van der Waals surface area contributed by atoms with Crippen LogP contribution in [0.5, 0.6) is 0 Å². The van der Waals surface area contributed by atoms with E-state index in [9.17, 15) is 0 Å². The van der Waals surface area contributed by atoms with E-state index < -0.39 is 0 Å². The van der Waals surface area contributed by atoms with E-state index in [4.69, 9.17) is 4.74 Å². The Kier molecular flexibility index (Phi) is 5.11. The van der Waals surface area contributed by atoms with Gasteiger partial charge in [0, 0.05) is 51.7 Å². The molecule has 0 saturated carbocycles. The monoisotopic (exact) mass is 330 g/mol. The molecule has 130 valence electrons. The van der Waals surface area contributed by atoms with Crippen molar-refractivity contribution in [3.05, 3.63) is 35.8 Å². The first-order chi connectivity index (χ1) is 11.5. The molecule has 7 heteroatoms. The van der Waals surface area contributed by atoms with Gasteiger partial charge in [-0.2, -0.15) is 0 Å². The van der Waals surface area contributed by atoms with Crippen molar-refractivity contribution in [3.63, 3.8) is 0 Å². The maximum atomic E-state index is 5.90. The third kappa shape index (κ3) is 3.91. The van der Waals surface area contributed by atoms with E-state index in [1.54, 1.807) is 0 Å². The third-order valence-electron chi connectivity index (χ3n) is 4.43. The molecule has 7 nitrogen and oxygen atoms in total. The second kappa shape index (κ2) is 7.27. The molecule has 0 aliphatic carbocycles. The fraction of sp³-hybridized carbons (Fsp3) is 0.588. The number of nitrogens with zero attached hydrogens (tertiary/aromatic N) is 6. The molecule has 0 aromatic carbocycles. The first kappa shape index (κ1) is 16.9. The van der Waals surface area contributed by atoms with E-state index in [0.717, 1.165) is 55.9 Å². The molecule has 0 N–H and O–H groups in total. The molecule has 1 saturated heterocycles. The minimum absolute atomic E-state index is 0.0218. The van der Waals surface area contributed by atoms with Crippen LogP contribution in [-0.4, -0.2) is 64.8 Å². The number of likely N-dealkylation sites (N-methyl/N-ethyl adjacent to an activating group) is 2. The van der Waals surface area contributed by atoms with Crippen LogP contribution in [0.4, 0.5) is 5.82 Å². The Hall–Kier alpha value is -1.99. The lowest BCUT2D eigenvalue weighted by Gasteiger charge is -2.30. The zero-order valence-corrected chi connectivity index (χ0v) is 14.9. The van der Waals surface area contributed by atoms with Gasteiger partial charge in [-0.25, -0.2) is 15.0 Å². The first-order valence-electron chi connectivity index (χ1n) is 8.37. The highest BCUT2D eigenvalue weighted by atomic mass is 16.5. The van der Waals surface area contributed by atoms with Gasteiger partial charge in [0.05, 0.1) is 12.3 Å². The molecule has 2 aromatic rings. The number of anilines is 1. The molecule has 1 aliphatic rings. The highest BCUT2D eigenvalue weighted by Gasteiger charge is 2.22. The molecule has 1 aliphatic heterocycles. The minimum atomic E-state index is 0.0218. The van der Waals surface area contributed by atoms with Crippen LogP contribution in [0, 0.1) is 13.8 Å². The summed E-state index contributed by atoms with van der Waals surface area (Å²) in [5.74, 6) is 2.75. The molecule has 3 rings (SSSR count). The number of ether oxygens (including phenoxy) is 1. The van der Waals surface area contributed by atoms with E-state index >= 15 is 0 Å². The van der Waals surface area contributed by atoms with Gasteiger partial charge in [-0.05, 0) is 20.9 Å². The molecule has 3 heterocycles. The summed E-state index contributed by atoms with van der Waals surface area (Å²) in [4.78, 5) is 17.9. The van der Waals surface area contributed by atoms with E-state index in [-0.39, 0.29) is 6.10 Å². The smallest absolute Gasteiger partial charge is 0.132 e. The van der Waals surface area contributed by atoms with Crippen molar-refractivity contribution < 1.29 is 4.74 Å². The van der Waals surface area contributed by atoms with Crippen LogP contribution in [0.3, 0.4) is 0 Å². The summed E-state index contributed by atoms with van der Waals surface area (Å²) in [5, 5.41) is 0. The van der Waals surface area contributed by atoms with Gasteiger partial charge < -0.3 is 19.1 Å². The van der Waals surface area contributed by atoms with Gasteiger partial charge in [0.15, 0.2) is 0 Å². The first-order valence-corrected chi connectivity index (χ1v) is 8.37. The second-order valence-corrected chi connectivity index (χ2v) is 6.41. The van der Waals surface area contributed by atoms with Gasteiger partial charge in [0.1, 0.15) is 23.6 Å². The van der Waals surface area contributed by atoms with Gasteiger partial charge >= 0.3 is 0 Å². The normalized spacial score (nSPS) is 18.8. The van der Waals surface area contributed by atoms with E-state index in [1.165, 1.54) is 0 Å². The van der Waals surface area contributed by atoms with E-state index in [2.05, 4.69) is 49.5 Å². The SMILES string of the molecule is Cc1nc(C2CN(C)CCO2)cc(N(C)CCn2ccnc2C)n1. The quantitative estimate of drug-likeness (QED) is 0.826. The topological polar surface area (TPSA) is 59.3 Å². The summed E-state index contributed by atoms with van der Waals surface area (Å²) in [7, 11) is 4.18. The lowest BCUT2D eigenvalue weighted by molar-refractivity contribution is -0.0232. The lowest BCUT2D eigenvalue weighted by atomic mass is 10.2. The fourth-order valence-electron chi connectivity index (χ4n) is 2.90. The second-order valence-electron chi connectivity index (χ2n) is 6.41. The molecule has 0 bridgehead atoms. The zero-order valence-electron chi connectivity index (χ0n) is 14.9. The Morgan fingerprint density at radius 1 is 1.33 bits per heavy atom. The van der Waals surface area contributed by atoms with Crippen molar-refractivity contribution in [1.82, 2.24) is 24.4 Å². The Morgan fingerprint density at radius 2 is 2.17 bits per heavy atom. The Bertz CT molecular complexity index is 685. The standard InChI is InChI=1S/C17H26N6O/c1-13-19-15(16-12-21(3)9-10-24-16)11-17(20-13)22(4)7-8-23-6-5-18-14(23)2/h5-6,11,16H,7-10,12H2,1-4H3. The largest absolute Gasteiger partial charge is 0.369 e. The van der Waals surface area contributed by atoms with Gasteiger partial charge in [-0.1, -0.05) is 0 Å². The summed E-state index contributed by atoms with van der Waals surface area (Å²) in [6.45, 7) is 8.28. The molecule has 24 heavy (non-hydrogen) atoms. The van der Waals surface area contributed by atoms with Crippen molar-refractivity contribution in [2.45, 2.75) is 26.5 Å². The van der Waals surface area contributed by atoms with Gasteiger partial charge in [0.2, 0.25) is 0 Å². The Morgan fingerprint density at radius 3 is 2.88 bits per heavy atom. The molecule has 0 amide bonds. The van der Waals surface area contributed by atoms with Crippen LogP contribution < -0.4 is 4.90 Å². The molecule has 1 unspecified atom stereocenters. The average molecular weight is 330 g/mol. The van der Waals surface area contributed by atoms with Crippen LogP contribution in [0.15, 0.2) is 18.5 Å². The maximum Gasteiger partial charge on any atom is 0.132 e. The molecule has 2 aromatic heterocycles. The van der Waals surface area contributed by atoms with E-state index in [0.29, 0.717) is 0 Å². The van der Waals surface area contributed by atoms with E-state index in [1.807, 2.05) is 26.2 Å². The van der Waals surface area contributed by atoms with Crippen LogP contribution in [-0.2, 0) is 11.3 Å². The van der Waals surface area contributed by atoms with Crippen molar-refractivity contribution >= 4 is 5.82 Å². The van der Waals surface area contributed by atoms with Gasteiger partial charge in [-0.15, -0.1) is 0 Å². The highest BCUT2D eigenvalue weighted by Crippen LogP contribution is 2.23. The maximum absolute atomic E-state index is 5.90. The van der Waals surface area contributed by atoms with Crippen molar-refractivity contribution in [3.8, 4) is 0 Å². The molecule has 0 spiro atoms. The number of aryl methyl sites for hydroxylation is 2. The minimum Gasteiger partial charge on any atom is -0.369 e. The molecular formula is C17H26N6O. The number of morpholine rings is 1. The third-order valence-corrected chi connectivity index (χ3v) is 4.43. The predicted octanol–water partition coefficient (Wildman–Crippen LogP) is 1.43. The number of hydrogen-bond acceptors (Lipinski definition) is 6. The van der Waals surface area contributed by atoms with Crippen LogP contribution in [0.2, 0.25) is 0 Å². The molecule has 1 atom stereocenters. The van der Waals surface area contributed by atoms with Crippen LogP contribution in [0.25, 0.3) is 0 Å². The number of hydrogen-bond donors (Lipinski definition) is 0. The zero-order chi connectivity index (χ0) is 17.1. The predicted molar refractivity (Wildman–Crippen MR) is 93.2 cm³/mol. The number of imidazole rings is 1. The van der Waals surface area contributed by atoms with Gasteiger partial charge in [-0.3, -0.25) is 0 Å². The summed E-state index contributed by atoms with van der Waals surface area (Å²) in [6, 6.07) is 2.05. The fourth-order valence-corrected chi connectivity index (χ4v) is 2.90. The van der Waals surface area contributed by atoms with Gasteiger partial charge in [0.25, 0.3) is 0 Å². The lowest BCUT2D eigenvalue weighted by Crippen LogP contribution is -2.36.